The number of aldehydes is 1. The highest BCUT2D eigenvalue weighted by Crippen LogP contribution is 2.23. The molecule has 0 atom stereocenters. The van der Waals surface area contributed by atoms with Crippen molar-refractivity contribution in [2.45, 2.75) is 38.5 Å². The van der Waals surface area contributed by atoms with Gasteiger partial charge in [-0.05, 0) is 49.9 Å². The Morgan fingerprint density at radius 2 is 1.71 bits per heavy atom. The van der Waals surface area contributed by atoms with Gasteiger partial charge in [-0.25, -0.2) is 0 Å². The molecule has 10 nitrogen and oxygen atoms in total. The molecule has 1 aromatic carbocycles. The van der Waals surface area contributed by atoms with Crippen molar-refractivity contribution in [2.24, 2.45) is 0 Å². The van der Waals surface area contributed by atoms with Gasteiger partial charge in [0.25, 0.3) is 5.91 Å². The summed E-state index contributed by atoms with van der Waals surface area (Å²) >= 11 is 0. The Kier molecular flexibility index (Phi) is 10.0. The lowest BCUT2D eigenvalue weighted by Crippen LogP contribution is -2.48. The second-order valence-electron chi connectivity index (χ2n) is 9.79. The molecule has 0 bridgehead atoms. The summed E-state index contributed by atoms with van der Waals surface area (Å²) in [5.41, 5.74) is 1.16. The lowest BCUT2D eigenvalue weighted by Gasteiger charge is -2.34. The number of nitrogens with zero attached hydrogens (tertiary/aromatic N) is 4. The maximum atomic E-state index is 12.9. The first-order chi connectivity index (χ1) is 18.5. The number of benzene rings is 1. The van der Waals surface area contributed by atoms with E-state index in [2.05, 4.69) is 15.2 Å². The molecule has 2 fully saturated rings. The van der Waals surface area contributed by atoms with E-state index in [1.54, 1.807) is 17.2 Å². The maximum absolute atomic E-state index is 12.9. The molecule has 3 amide bonds. The van der Waals surface area contributed by atoms with Crippen LogP contribution in [0, 0.1) is 0 Å². The Bertz CT molecular complexity index is 1130. The Balaban J connectivity index is 1.22. The molecule has 2 saturated heterocycles. The lowest BCUT2D eigenvalue weighted by molar-refractivity contribution is -0.133. The second kappa shape index (κ2) is 13.9. The number of carbonyl (C=O) groups is 4. The summed E-state index contributed by atoms with van der Waals surface area (Å²) in [5.74, 6) is 0.439. The van der Waals surface area contributed by atoms with Crippen LogP contribution in [0.1, 0.15) is 48.9 Å². The van der Waals surface area contributed by atoms with Gasteiger partial charge in [0.2, 0.25) is 11.8 Å². The van der Waals surface area contributed by atoms with Crippen molar-refractivity contribution < 1.29 is 23.9 Å². The van der Waals surface area contributed by atoms with Gasteiger partial charge in [-0.2, -0.15) is 0 Å². The third-order valence-corrected chi connectivity index (χ3v) is 7.14. The molecule has 2 aromatic rings. The summed E-state index contributed by atoms with van der Waals surface area (Å²) in [7, 11) is 0. The highest BCUT2D eigenvalue weighted by atomic mass is 16.5. The minimum Gasteiger partial charge on any atom is -0.494 e. The van der Waals surface area contributed by atoms with Crippen LogP contribution < -0.4 is 10.1 Å². The van der Waals surface area contributed by atoms with Crippen LogP contribution in [0.25, 0.3) is 10.9 Å². The predicted octanol–water partition coefficient (Wildman–Crippen LogP) is 1.87. The van der Waals surface area contributed by atoms with Crippen molar-refractivity contribution in [3.8, 4) is 5.75 Å². The van der Waals surface area contributed by atoms with Crippen LogP contribution in [0.3, 0.4) is 0 Å². The summed E-state index contributed by atoms with van der Waals surface area (Å²) < 4.78 is 5.98. The quantitative estimate of drug-likeness (QED) is 0.334. The molecular formula is C28H37N5O5. The number of unbranched alkanes of at least 4 members (excludes halogenated alkanes) is 1. The molecule has 0 unspecified atom stereocenters. The number of pyridine rings is 1. The second-order valence-corrected chi connectivity index (χ2v) is 9.79. The average Bonchev–Trinajstić information content (AvgIpc) is 3.49. The van der Waals surface area contributed by atoms with Crippen LogP contribution in [0.4, 0.5) is 0 Å². The van der Waals surface area contributed by atoms with Gasteiger partial charge in [0.15, 0.2) is 0 Å². The molecule has 1 N–H and O–H groups in total. The molecule has 204 valence electrons. The van der Waals surface area contributed by atoms with Crippen LogP contribution in [0.5, 0.6) is 5.75 Å². The van der Waals surface area contributed by atoms with Crippen molar-refractivity contribution >= 4 is 34.9 Å². The van der Waals surface area contributed by atoms with Gasteiger partial charge in [-0.3, -0.25) is 24.3 Å². The average molecular weight is 524 g/mol. The summed E-state index contributed by atoms with van der Waals surface area (Å²) in [6.07, 6.45) is 6.82. The van der Waals surface area contributed by atoms with Crippen LogP contribution in [-0.2, 0) is 14.4 Å². The Morgan fingerprint density at radius 3 is 2.47 bits per heavy atom. The van der Waals surface area contributed by atoms with E-state index < -0.39 is 0 Å². The summed E-state index contributed by atoms with van der Waals surface area (Å²) in [6.45, 7) is 6.00. The van der Waals surface area contributed by atoms with E-state index in [-0.39, 0.29) is 24.3 Å². The fourth-order valence-corrected chi connectivity index (χ4v) is 4.94. The number of aromatic nitrogens is 1. The first-order valence-electron chi connectivity index (χ1n) is 13.6. The molecule has 38 heavy (non-hydrogen) atoms. The van der Waals surface area contributed by atoms with Crippen LogP contribution >= 0.6 is 0 Å². The topological polar surface area (TPSA) is 112 Å². The first-order valence-corrected chi connectivity index (χ1v) is 13.6. The van der Waals surface area contributed by atoms with E-state index in [0.29, 0.717) is 61.2 Å². The zero-order valence-corrected chi connectivity index (χ0v) is 21.9. The van der Waals surface area contributed by atoms with Crippen LogP contribution in [0.15, 0.2) is 30.5 Å². The Hall–Kier alpha value is -3.53. The summed E-state index contributed by atoms with van der Waals surface area (Å²) in [4.78, 5) is 58.2. The largest absolute Gasteiger partial charge is 0.494 e. The minimum absolute atomic E-state index is 0.0125. The van der Waals surface area contributed by atoms with Crippen LogP contribution in [0.2, 0.25) is 0 Å². The SMILES string of the molecule is O=CCCCC(=O)N1CCN(CCCOc2ccc3nccc(C(=O)NCC(=O)N4CCCC4)c3c2)CC1. The van der Waals surface area contributed by atoms with Crippen molar-refractivity contribution in [1.82, 2.24) is 25.0 Å². The molecule has 10 heteroatoms. The van der Waals surface area contributed by atoms with E-state index in [0.717, 1.165) is 58.3 Å². The van der Waals surface area contributed by atoms with Gasteiger partial charge in [0.05, 0.1) is 24.2 Å². The predicted molar refractivity (Wildman–Crippen MR) is 143 cm³/mol. The highest BCUT2D eigenvalue weighted by Gasteiger charge is 2.21. The number of hydrogen-bond donors (Lipinski definition) is 1. The van der Waals surface area contributed by atoms with E-state index in [4.69, 9.17) is 4.74 Å². The standard InChI is InChI=1S/C28H37N5O5/c34-18-4-1-6-26(35)33-16-14-31(15-17-33)11-5-19-38-22-7-8-25-24(20-22)23(9-10-29-25)28(37)30-21-27(36)32-12-2-3-13-32/h7-10,18,20H,1-6,11-17,19,21H2,(H,30,37). The molecule has 1 aromatic heterocycles. The molecule has 0 saturated carbocycles. The monoisotopic (exact) mass is 523 g/mol. The number of rotatable bonds is 12. The van der Waals surface area contributed by atoms with Gasteiger partial charge in [0.1, 0.15) is 12.0 Å². The third-order valence-electron chi connectivity index (χ3n) is 7.14. The molecule has 2 aliphatic rings. The Labute approximate surface area is 223 Å². The van der Waals surface area contributed by atoms with Gasteiger partial charge >= 0.3 is 0 Å². The molecule has 0 spiro atoms. The number of fused-ring (bicyclic) bond motifs is 1. The molecule has 0 aliphatic carbocycles. The number of piperazine rings is 1. The summed E-state index contributed by atoms with van der Waals surface area (Å²) in [6, 6.07) is 7.17. The number of amides is 3. The molecule has 2 aliphatic heterocycles. The van der Waals surface area contributed by atoms with Crippen molar-refractivity contribution in [1.29, 1.82) is 0 Å². The van der Waals surface area contributed by atoms with E-state index in [9.17, 15) is 19.2 Å². The lowest BCUT2D eigenvalue weighted by atomic mass is 10.1. The zero-order chi connectivity index (χ0) is 26.7. The fourth-order valence-electron chi connectivity index (χ4n) is 4.94. The zero-order valence-electron chi connectivity index (χ0n) is 21.9. The molecular weight excluding hydrogens is 486 g/mol. The number of nitrogens with one attached hydrogen (secondary N) is 1. The van der Waals surface area contributed by atoms with Crippen molar-refractivity contribution in [3.63, 3.8) is 0 Å². The van der Waals surface area contributed by atoms with Gasteiger partial charge in [-0.1, -0.05) is 0 Å². The minimum atomic E-state index is -0.302. The van der Waals surface area contributed by atoms with E-state index in [1.807, 2.05) is 23.1 Å². The normalized spacial score (nSPS) is 16.0. The molecule has 3 heterocycles. The molecule has 0 radical (unpaired) electrons. The van der Waals surface area contributed by atoms with E-state index in [1.165, 1.54) is 0 Å². The van der Waals surface area contributed by atoms with Crippen molar-refractivity contribution in [2.75, 3.05) is 59.0 Å². The molecule has 4 rings (SSSR count). The summed E-state index contributed by atoms with van der Waals surface area (Å²) in [5, 5.41) is 3.44. The number of likely N-dealkylation sites (tertiary alicyclic amines) is 1. The van der Waals surface area contributed by atoms with Crippen molar-refractivity contribution in [3.05, 3.63) is 36.0 Å². The van der Waals surface area contributed by atoms with Crippen LogP contribution in [-0.4, -0.2) is 103 Å². The number of carbonyl (C=O) groups excluding carboxylic acids is 4. The number of hydrogen-bond acceptors (Lipinski definition) is 7. The first kappa shape index (κ1) is 27.5. The Morgan fingerprint density at radius 1 is 0.947 bits per heavy atom. The van der Waals surface area contributed by atoms with E-state index >= 15 is 0 Å². The smallest absolute Gasteiger partial charge is 0.252 e. The number of ether oxygens (including phenoxy) is 1. The maximum Gasteiger partial charge on any atom is 0.252 e. The fraction of sp³-hybridized carbons (Fsp3) is 0.536. The third kappa shape index (κ3) is 7.50. The highest BCUT2D eigenvalue weighted by molar-refractivity contribution is 6.07. The van der Waals surface area contributed by atoms with Gasteiger partial charge in [0, 0.05) is 70.2 Å². The van der Waals surface area contributed by atoms with Gasteiger partial charge in [-0.15, -0.1) is 0 Å². The van der Waals surface area contributed by atoms with Gasteiger partial charge < -0.3 is 24.6 Å².